The van der Waals surface area contributed by atoms with Gasteiger partial charge in [-0.15, -0.1) is 0 Å². The molecule has 1 atom stereocenters. The number of aromatic nitrogens is 3. The second kappa shape index (κ2) is 4.78. The van der Waals surface area contributed by atoms with E-state index in [-0.39, 0.29) is 0 Å². The molecule has 1 aliphatic heterocycles. The maximum atomic E-state index is 5.77. The molecule has 3 heterocycles. The summed E-state index contributed by atoms with van der Waals surface area (Å²) in [4.78, 5) is 14.2. The van der Waals surface area contributed by atoms with Gasteiger partial charge in [0.05, 0.1) is 0 Å². The van der Waals surface area contributed by atoms with Crippen LogP contribution in [0.3, 0.4) is 0 Å². The van der Waals surface area contributed by atoms with Gasteiger partial charge in [-0.2, -0.15) is 0 Å². The molecule has 5 heteroatoms. The third-order valence-electron chi connectivity index (χ3n) is 3.48. The Kier molecular flexibility index (Phi) is 2.98. The maximum absolute atomic E-state index is 5.77. The van der Waals surface area contributed by atoms with E-state index in [1.807, 2.05) is 30.9 Å². The Morgan fingerprint density at radius 1 is 1.33 bits per heavy atom. The fourth-order valence-corrected chi connectivity index (χ4v) is 2.47. The van der Waals surface area contributed by atoms with Crippen molar-refractivity contribution in [3.05, 3.63) is 30.9 Å². The second-order valence-electron chi connectivity index (χ2n) is 4.60. The average Bonchev–Trinajstić information content (AvgIpc) is 3.10. The molecule has 1 aliphatic rings. The highest BCUT2D eigenvalue weighted by Crippen LogP contribution is 2.23. The van der Waals surface area contributed by atoms with Crippen LogP contribution in [0, 0.1) is 0 Å². The van der Waals surface area contributed by atoms with E-state index in [2.05, 4.69) is 19.9 Å². The minimum absolute atomic E-state index is 0.392. The summed E-state index contributed by atoms with van der Waals surface area (Å²) in [5.41, 5.74) is 7.91. The molecule has 1 unspecified atom stereocenters. The second-order valence-corrected chi connectivity index (χ2v) is 4.60. The largest absolute Gasteiger partial charge is 0.367 e. The summed E-state index contributed by atoms with van der Waals surface area (Å²) in [6.45, 7) is 1.67. The fraction of sp³-hybridized carbons (Fsp3) is 0.385. The number of nitrogens with two attached hydrogens (primary N) is 1. The fourth-order valence-electron chi connectivity index (χ4n) is 2.47. The van der Waals surface area contributed by atoms with Gasteiger partial charge in [0, 0.05) is 55.0 Å². The zero-order chi connectivity index (χ0) is 12.4. The summed E-state index contributed by atoms with van der Waals surface area (Å²) in [7, 11) is 0. The Bertz CT molecular complexity index is 491. The molecular weight excluding hydrogens is 226 g/mol. The summed E-state index contributed by atoms with van der Waals surface area (Å²) >= 11 is 0. The summed E-state index contributed by atoms with van der Waals surface area (Å²) in [6.07, 6.45) is 9.89. The highest BCUT2D eigenvalue weighted by atomic mass is 15.3. The molecule has 0 bridgehead atoms. The van der Waals surface area contributed by atoms with Crippen LogP contribution in [0.25, 0.3) is 11.1 Å². The lowest BCUT2D eigenvalue weighted by atomic mass is 10.2. The molecule has 5 nitrogen and oxygen atoms in total. The quantitative estimate of drug-likeness (QED) is 0.854. The Morgan fingerprint density at radius 3 is 2.83 bits per heavy atom. The molecule has 0 spiro atoms. The van der Waals surface area contributed by atoms with Gasteiger partial charge >= 0.3 is 0 Å². The highest BCUT2D eigenvalue weighted by Gasteiger charge is 2.25. The minimum Gasteiger partial charge on any atom is -0.367 e. The SMILES string of the molecule is NCC1CCCN1c1ncc(-c2cc[nH]c2)cn1. The van der Waals surface area contributed by atoms with E-state index >= 15 is 0 Å². The van der Waals surface area contributed by atoms with Crippen molar-refractivity contribution in [1.29, 1.82) is 0 Å². The van der Waals surface area contributed by atoms with Gasteiger partial charge in [-0.1, -0.05) is 0 Å². The van der Waals surface area contributed by atoms with Crippen LogP contribution in [0.1, 0.15) is 12.8 Å². The smallest absolute Gasteiger partial charge is 0.225 e. The van der Waals surface area contributed by atoms with Crippen molar-refractivity contribution >= 4 is 5.95 Å². The van der Waals surface area contributed by atoms with E-state index < -0.39 is 0 Å². The number of nitrogens with zero attached hydrogens (tertiary/aromatic N) is 3. The number of nitrogens with one attached hydrogen (secondary N) is 1. The van der Waals surface area contributed by atoms with Crippen LogP contribution in [0.5, 0.6) is 0 Å². The third kappa shape index (κ3) is 1.97. The van der Waals surface area contributed by atoms with Crippen LogP contribution < -0.4 is 10.6 Å². The van der Waals surface area contributed by atoms with E-state index in [4.69, 9.17) is 5.73 Å². The molecule has 3 rings (SSSR count). The van der Waals surface area contributed by atoms with Crippen LogP contribution in [0.4, 0.5) is 5.95 Å². The molecule has 2 aromatic heterocycles. The standard InChI is InChI=1S/C13H17N5/c14-6-12-2-1-5-18(12)13-16-8-11(9-17-13)10-3-4-15-7-10/h3-4,7-9,12,15H,1-2,5-6,14H2. The number of aromatic amines is 1. The number of anilines is 1. The molecule has 1 saturated heterocycles. The molecule has 1 fully saturated rings. The molecule has 0 saturated carbocycles. The van der Waals surface area contributed by atoms with Crippen molar-refractivity contribution in [3.8, 4) is 11.1 Å². The highest BCUT2D eigenvalue weighted by molar-refractivity contribution is 5.61. The summed E-state index contributed by atoms with van der Waals surface area (Å²) in [5, 5.41) is 0. The summed E-state index contributed by atoms with van der Waals surface area (Å²) in [6, 6.07) is 2.40. The van der Waals surface area contributed by atoms with Crippen molar-refractivity contribution < 1.29 is 0 Å². The molecule has 0 radical (unpaired) electrons. The van der Waals surface area contributed by atoms with Crippen molar-refractivity contribution in [3.63, 3.8) is 0 Å². The summed E-state index contributed by atoms with van der Waals surface area (Å²) in [5.74, 6) is 0.794. The number of hydrogen-bond donors (Lipinski definition) is 2. The van der Waals surface area contributed by atoms with Crippen LogP contribution in [0.2, 0.25) is 0 Å². The monoisotopic (exact) mass is 243 g/mol. The van der Waals surface area contributed by atoms with Crippen LogP contribution in [-0.2, 0) is 0 Å². The molecule has 0 aromatic carbocycles. The normalized spacial score (nSPS) is 19.4. The van der Waals surface area contributed by atoms with E-state index in [9.17, 15) is 0 Å². The predicted molar refractivity (Wildman–Crippen MR) is 71.2 cm³/mol. The van der Waals surface area contributed by atoms with Gasteiger partial charge in [-0.3, -0.25) is 0 Å². The Morgan fingerprint density at radius 2 is 2.17 bits per heavy atom. The first-order valence-electron chi connectivity index (χ1n) is 6.30. The van der Waals surface area contributed by atoms with E-state index in [0.717, 1.165) is 30.0 Å². The van der Waals surface area contributed by atoms with Crippen molar-refractivity contribution in [2.45, 2.75) is 18.9 Å². The van der Waals surface area contributed by atoms with Crippen molar-refractivity contribution in [2.24, 2.45) is 5.73 Å². The first-order valence-corrected chi connectivity index (χ1v) is 6.30. The van der Waals surface area contributed by atoms with Crippen LogP contribution in [-0.4, -0.2) is 34.1 Å². The topological polar surface area (TPSA) is 70.8 Å². The maximum Gasteiger partial charge on any atom is 0.225 e. The number of hydrogen-bond acceptors (Lipinski definition) is 4. The molecule has 94 valence electrons. The van der Waals surface area contributed by atoms with Crippen LogP contribution in [0.15, 0.2) is 30.9 Å². The Balaban J connectivity index is 1.83. The predicted octanol–water partition coefficient (Wildman–Crippen LogP) is 1.40. The zero-order valence-electron chi connectivity index (χ0n) is 10.2. The van der Waals surface area contributed by atoms with Crippen molar-refractivity contribution in [2.75, 3.05) is 18.0 Å². The van der Waals surface area contributed by atoms with Gasteiger partial charge in [0.25, 0.3) is 0 Å². The van der Waals surface area contributed by atoms with Gasteiger partial charge in [0.15, 0.2) is 0 Å². The molecule has 18 heavy (non-hydrogen) atoms. The lowest BCUT2D eigenvalue weighted by molar-refractivity contribution is 0.664. The van der Waals surface area contributed by atoms with Crippen molar-refractivity contribution in [1.82, 2.24) is 15.0 Å². The molecule has 3 N–H and O–H groups in total. The third-order valence-corrected chi connectivity index (χ3v) is 3.48. The average molecular weight is 243 g/mol. The first kappa shape index (κ1) is 11.2. The molecule has 0 amide bonds. The lowest BCUT2D eigenvalue weighted by Gasteiger charge is -2.23. The van der Waals surface area contributed by atoms with E-state index in [1.54, 1.807) is 0 Å². The first-order chi connectivity index (χ1) is 8.88. The Hall–Kier alpha value is -1.88. The van der Waals surface area contributed by atoms with E-state index in [0.29, 0.717) is 12.6 Å². The molecular formula is C13H17N5. The van der Waals surface area contributed by atoms with Gasteiger partial charge in [-0.05, 0) is 18.9 Å². The van der Waals surface area contributed by atoms with Gasteiger partial charge in [0.1, 0.15) is 0 Å². The van der Waals surface area contributed by atoms with Gasteiger partial charge in [0.2, 0.25) is 5.95 Å². The zero-order valence-corrected chi connectivity index (χ0v) is 10.2. The number of rotatable bonds is 3. The lowest BCUT2D eigenvalue weighted by Crippen LogP contribution is -2.36. The number of H-pyrrole nitrogens is 1. The van der Waals surface area contributed by atoms with Crippen LogP contribution >= 0.6 is 0 Å². The molecule has 0 aliphatic carbocycles. The van der Waals surface area contributed by atoms with E-state index in [1.165, 1.54) is 6.42 Å². The minimum atomic E-state index is 0.392. The Labute approximate surface area is 106 Å². The molecule has 2 aromatic rings. The summed E-state index contributed by atoms with van der Waals surface area (Å²) < 4.78 is 0. The van der Waals surface area contributed by atoms with Gasteiger partial charge in [-0.25, -0.2) is 9.97 Å². The van der Waals surface area contributed by atoms with Gasteiger partial charge < -0.3 is 15.6 Å².